The van der Waals surface area contributed by atoms with Crippen LogP contribution in [0.4, 0.5) is 32.0 Å². The van der Waals surface area contributed by atoms with Crippen molar-refractivity contribution in [3.05, 3.63) is 89.5 Å². The highest BCUT2D eigenvalue weighted by Crippen LogP contribution is 2.38. The molecule has 7 nitrogen and oxygen atoms in total. The first kappa shape index (κ1) is 22.8. The molecule has 4 rings (SSSR count). The number of hydrogen-bond acceptors (Lipinski definition) is 5. The Bertz CT molecular complexity index is 1340. The van der Waals surface area contributed by atoms with Crippen molar-refractivity contribution in [2.75, 3.05) is 5.32 Å². The van der Waals surface area contributed by atoms with Gasteiger partial charge in [0.2, 0.25) is 0 Å². The number of hydrogen-bond donors (Lipinski definition) is 1. The number of aromatic nitrogens is 3. The van der Waals surface area contributed by atoms with Crippen molar-refractivity contribution in [2.24, 2.45) is 0 Å². The van der Waals surface area contributed by atoms with Gasteiger partial charge in [-0.25, -0.2) is 9.48 Å². The van der Waals surface area contributed by atoms with Crippen LogP contribution in [-0.4, -0.2) is 31.5 Å². The highest BCUT2D eigenvalue weighted by molar-refractivity contribution is 6.05. The van der Waals surface area contributed by atoms with E-state index >= 15 is 0 Å². The third-order valence-corrected chi connectivity index (χ3v) is 4.70. The molecule has 4 heterocycles. The van der Waals surface area contributed by atoms with Crippen LogP contribution in [0.5, 0.6) is 0 Å². The predicted molar refractivity (Wildman–Crippen MR) is 106 cm³/mol. The lowest BCUT2D eigenvalue weighted by atomic mass is 10.1. The molecule has 0 unspecified atom stereocenters. The largest absolute Gasteiger partial charge is 0.434 e. The highest BCUT2D eigenvalue weighted by atomic mass is 19.4. The summed E-state index contributed by atoms with van der Waals surface area (Å²) in [4.78, 5) is 28.2. The number of nitrogens with one attached hydrogen (secondary N) is 1. The standard InChI is InChI=1S/C21H11F6N5O2/c22-20(23,24)17-9-12(6-7-28-17)30-19(34)14-10-29-32(18(14)21(25,26)27)16-5-2-8-31-13(11-33)3-1-4-15(16)31/h1-10H,(H,28,30,34). The lowest BCUT2D eigenvalue weighted by Crippen LogP contribution is -2.26. The normalized spacial score (nSPS) is 15.5. The maximum Gasteiger partial charge on any atom is 0.434 e. The minimum Gasteiger partial charge on any atom is -0.322 e. The first-order chi connectivity index (χ1) is 16.0. The third-order valence-electron chi connectivity index (χ3n) is 4.70. The van der Waals surface area contributed by atoms with E-state index in [0.29, 0.717) is 16.9 Å². The fourth-order valence-corrected chi connectivity index (χ4v) is 3.29. The number of carbonyl (C=O) groups excluding carboxylic acids is 2. The zero-order chi connectivity index (χ0) is 24.7. The van der Waals surface area contributed by atoms with Gasteiger partial charge in [-0.2, -0.15) is 31.4 Å². The van der Waals surface area contributed by atoms with Gasteiger partial charge in [0.1, 0.15) is 11.4 Å². The maximum absolute atomic E-state index is 14.0. The van der Waals surface area contributed by atoms with Crippen LogP contribution in [0.2, 0.25) is 0 Å². The second-order valence-corrected chi connectivity index (χ2v) is 6.86. The second-order valence-electron chi connectivity index (χ2n) is 6.86. The molecule has 174 valence electrons. The SMILES string of the molecule is O=C=C1C=CC=C2C(n3ncc(C(=O)Nc4ccnc(C(F)(F)F)c4)c3C(F)(F)F)=CC=CN12. The highest BCUT2D eigenvalue weighted by Gasteiger charge is 2.42. The van der Waals surface area contributed by atoms with Gasteiger partial charge in [-0.1, -0.05) is 6.08 Å². The fraction of sp³-hybridized carbons (Fsp3) is 0.0952. The van der Waals surface area contributed by atoms with Gasteiger partial charge in [-0.3, -0.25) is 9.78 Å². The number of anilines is 1. The van der Waals surface area contributed by atoms with Gasteiger partial charge in [0, 0.05) is 18.1 Å². The summed E-state index contributed by atoms with van der Waals surface area (Å²) in [5.74, 6) is 0.345. The molecule has 13 heteroatoms. The average Bonchev–Trinajstić information content (AvgIpc) is 3.24. The monoisotopic (exact) mass is 479 g/mol. The number of halogens is 6. The van der Waals surface area contributed by atoms with Crippen molar-refractivity contribution in [2.45, 2.75) is 12.4 Å². The lowest BCUT2D eigenvalue weighted by Gasteiger charge is -2.29. The Balaban J connectivity index is 1.74. The molecule has 2 aromatic rings. The van der Waals surface area contributed by atoms with Gasteiger partial charge in [0.05, 0.1) is 23.2 Å². The summed E-state index contributed by atoms with van der Waals surface area (Å²) in [5.41, 5.74) is -4.01. The van der Waals surface area contributed by atoms with Crippen LogP contribution in [0, 0.1) is 0 Å². The van der Waals surface area contributed by atoms with Gasteiger partial charge < -0.3 is 10.2 Å². The molecule has 0 saturated carbocycles. The summed E-state index contributed by atoms with van der Waals surface area (Å²) in [6.45, 7) is 0. The van der Waals surface area contributed by atoms with Crippen LogP contribution in [-0.2, 0) is 17.1 Å². The van der Waals surface area contributed by atoms with Crippen LogP contribution in [0.1, 0.15) is 21.7 Å². The van der Waals surface area contributed by atoms with Gasteiger partial charge in [-0.15, -0.1) is 0 Å². The molecule has 0 radical (unpaired) electrons. The average molecular weight is 479 g/mol. The number of rotatable bonds is 3. The summed E-state index contributed by atoms with van der Waals surface area (Å²) < 4.78 is 81.1. The Kier molecular flexibility index (Phi) is 5.49. The van der Waals surface area contributed by atoms with E-state index in [0.717, 1.165) is 12.3 Å². The summed E-state index contributed by atoms with van der Waals surface area (Å²) >= 11 is 0. The van der Waals surface area contributed by atoms with E-state index in [9.17, 15) is 35.9 Å². The molecule has 0 atom stereocenters. The number of nitrogens with zero attached hydrogens (tertiary/aromatic N) is 4. The minimum atomic E-state index is -5.07. The van der Waals surface area contributed by atoms with Crippen molar-refractivity contribution < 1.29 is 35.9 Å². The predicted octanol–water partition coefficient (Wildman–Crippen LogP) is 4.41. The smallest absolute Gasteiger partial charge is 0.322 e. The Morgan fingerprint density at radius 1 is 1.03 bits per heavy atom. The number of amides is 1. The molecule has 2 aromatic heterocycles. The maximum atomic E-state index is 14.0. The summed E-state index contributed by atoms with van der Waals surface area (Å²) in [6, 6.07) is 1.50. The van der Waals surface area contributed by atoms with Gasteiger partial charge >= 0.3 is 12.4 Å². The second kappa shape index (κ2) is 8.19. The Labute approximate surface area is 186 Å². The topological polar surface area (TPSA) is 80.1 Å². The Morgan fingerprint density at radius 3 is 2.44 bits per heavy atom. The van der Waals surface area contributed by atoms with Crippen molar-refractivity contribution in [3.63, 3.8) is 0 Å². The van der Waals surface area contributed by atoms with Gasteiger partial charge in [0.25, 0.3) is 5.91 Å². The molecule has 2 aliphatic rings. The van der Waals surface area contributed by atoms with E-state index in [1.807, 2.05) is 5.32 Å². The number of alkyl halides is 6. The van der Waals surface area contributed by atoms with E-state index < -0.39 is 40.9 Å². The van der Waals surface area contributed by atoms with Crippen LogP contribution in [0.15, 0.2) is 72.5 Å². The number of allylic oxidation sites excluding steroid dienone is 6. The van der Waals surface area contributed by atoms with E-state index in [1.54, 1.807) is 5.94 Å². The van der Waals surface area contributed by atoms with E-state index in [1.165, 1.54) is 41.5 Å². The molecular formula is C21H11F6N5O2. The van der Waals surface area contributed by atoms with Crippen molar-refractivity contribution in [1.82, 2.24) is 19.7 Å². The fourth-order valence-electron chi connectivity index (χ4n) is 3.29. The van der Waals surface area contributed by atoms with Crippen LogP contribution >= 0.6 is 0 Å². The molecule has 2 aliphatic heterocycles. The van der Waals surface area contributed by atoms with Gasteiger partial charge in [-0.05, 0) is 36.4 Å². The molecule has 1 amide bonds. The molecule has 34 heavy (non-hydrogen) atoms. The molecule has 0 saturated heterocycles. The van der Waals surface area contributed by atoms with Gasteiger partial charge in [0.15, 0.2) is 11.6 Å². The quantitative estimate of drug-likeness (QED) is 0.521. The molecule has 1 N–H and O–H groups in total. The third kappa shape index (κ3) is 4.16. The lowest BCUT2D eigenvalue weighted by molar-refractivity contribution is -0.143. The number of carbonyl (C=O) groups is 1. The van der Waals surface area contributed by atoms with Crippen LogP contribution in [0.25, 0.3) is 5.70 Å². The first-order valence-corrected chi connectivity index (χ1v) is 9.32. The van der Waals surface area contributed by atoms with Crippen molar-refractivity contribution in [1.29, 1.82) is 0 Å². The van der Waals surface area contributed by atoms with E-state index in [2.05, 4.69) is 10.1 Å². The molecule has 0 fully saturated rings. The van der Waals surface area contributed by atoms with Crippen molar-refractivity contribution >= 4 is 23.2 Å². The minimum absolute atomic E-state index is 0.0381. The number of fused-ring (bicyclic) bond motifs is 1. The van der Waals surface area contributed by atoms with E-state index in [4.69, 9.17) is 0 Å². The first-order valence-electron chi connectivity index (χ1n) is 9.32. The summed E-state index contributed by atoms with van der Waals surface area (Å²) in [6.07, 6.45) is -0.0757. The molecule has 0 bridgehead atoms. The van der Waals surface area contributed by atoms with Crippen LogP contribution in [0.3, 0.4) is 0 Å². The summed E-state index contributed by atoms with van der Waals surface area (Å²) in [5, 5.41) is 5.72. The molecular weight excluding hydrogens is 468 g/mol. The molecule has 0 aliphatic carbocycles. The zero-order valence-corrected chi connectivity index (χ0v) is 16.6. The molecule has 0 spiro atoms. The Morgan fingerprint density at radius 2 is 1.76 bits per heavy atom. The van der Waals surface area contributed by atoms with Crippen molar-refractivity contribution in [3.8, 4) is 0 Å². The molecule has 0 aromatic carbocycles. The van der Waals surface area contributed by atoms with Crippen LogP contribution < -0.4 is 5.32 Å². The summed E-state index contributed by atoms with van der Waals surface area (Å²) in [7, 11) is 0. The zero-order valence-electron chi connectivity index (χ0n) is 16.6. The van der Waals surface area contributed by atoms with E-state index in [-0.39, 0.29) is 17.1 Å². The Hall–Kier alpha value is -4.38. The number of pyridine rings is 1.